The molecule has 0 aliphatic carbocycles. The SMILES string of the molecule is CCC(C)C(C(=O)O)N1C(=O)CC(Cc2ccc(O)cc2O)C1=O. The maximum atomic E-state index is 12.6. The van der Waals surface area contributed by atoms with E-state index >= 15 is 0 Å². The lowest BCUT2D eigenvalue weighted by Gasteiger charge is -2.27. The van der Waals surface area contributed by atoms with E-state index in [-0.39, 0.29) is 30.3 Å². The zero-order valence-electron chi connectivity index (χ0n) is 13.6. The van der Waals surface area contributed by atoms with Crippen LogP contribution in [0.4, 0.5) is 0 Å². The Labute approximate surface area is 139 Å². The van der Waals surface area contributed by atoms with E-state index in [4.69, 9.17) is 0 Å². The Morgan fingerprint density at radius 2 is 2.00 bits per heavy atom. The van der Waals surface area contributed by atoms with E-state index in [1.807, 2.05) is 0 Å². The third kappa shape index (κ3) is 3.34. The topological polar surface area (TPSA) is 115 Å². The van der Waals surface area contributed by atoms with Gasteiger partial charge in [-0.15, -0.1) is 0 Å². The van der Waals surface area contributed by atoms with Gasteiger partial charge in [0.1, 0.15) is 17.5 Å². The molecule has 1 aliphatic rings. The van der Waals surface area contributed by atoms with Crippen molar-refractivity contribution in [2.75, 3.05) is 0 Å². The van der Waals surface area contributed by atoms with Gasteiger partial charge in [-0.3, -0.25) is 14.5 Å². The number of aliphatic carboxylic acids is 1. The molecule has 1 heterocycles. The van der Waals surface area contributed by atoms with Crippen molar-refractivity contribution in [3.05, 3.63) is 23.8 Å². The summed E-state index contributed by atoms with van der Waals surface area (Å²) in [5.74, 6) is -3.55. The molecular formula is C17H21NO6. The molecule has 2 amide bonds. The van der Waals surface area contributed by atoms with Crippen LogP contribution in [0.25, 0.3) is 0 Å². The second-order valence-electron chi connectivity index (χ2n) is 6.19. The van der Waals surface area contributed by atoms with Gasteiger partial charge in [0.05, 0.1) is 5.92 Å². The summed E-state index contributed by atoms with van der Waals surface area (Å²) in [5.41, 5.74) is 0.427. The first kappa shape index (κ1) is 17.8. The third-order valence-electron chi connectivity index (χ3n) is 4.53. The number of benzene rings is 1. The summed E-state index contributed by atoms with van der Waals surface area (Å²) in [5, 5.41) is 28.5. The number of nitrogens with zero attached hydrogens (tertiary/aromatic N) is 1. The van der Waals surface area contributed by atoms with Gasteiger partial charge in [-0.25, -0.2) is 4.79 Å². The number of amides is 2. The monoisotopic (exact) mass is 335 g/mol. The molecular weight excluding hydrogens is 314 g/mol. The van der Waals surface area contributed by atoms with Crippen LogP contribution in [0.2, 0.25) is 0 Å². The quantitative estimate of drug-likeness (QED) is 0.679. The molecule has 3 N–H and O–H groups in total. The van der Waals surface area contributed by atoms with Crippen LogP contribution in [-0.4, -0.2) is 44.0 Å². The molecule has 0 spiro atoms. The molecule has 0 saturated carbocycles. The Balaban J connectivity index is 2.23. The highest BCUT2D eigenvalue weighted by Gasteiger charge is 2.46. The van der Waals surface area contributed by atoms with Crippen LogP contribution >= 0.6 is 0 Å². The van der Waals surface area contributed by atoms with E-state index in [1.165, 1.54) is 12.1 Å². The van der Waals surface area contributed by atoms with Gasteiger partial charge in [0, 0.05) is 12.5 Å². The number of aromatic hydroxyl groups is 2. The minimum atomic E-state index is -1.20. The van der Waals surface area contributed by atoms with Crippen LogP contribution in [0.1, 0.15) is 32.3 Å². The zero-order chi connectivity index (χ0) is 18.0. The number of hydrogen-bond donors (Lipinski definition) is 3. The summed E-state index contributed by atoms with van der Waals surface area (Å²) in [6, 6.07) is 2.85. The lowest BCUT2D eigenvalue weighted by atomic mass is 9.96. The predicted molar refractivity (Wildman–Crippen MR) is 84.3 cm³/mol. The first-order chi connectivity index (χ1) is 11.3. The Hall–Kier alpha value is -2.57. The Morgan fingerprint density at radius 1 is 1.33 bits per heavy atom. The van der Waals surface area contributed by atoms with E-state index in [1.54, 1.807) is 13.8 Å². The van der Waals surface area contributed by atoms with Crippen molar-refractivity contribution >= 4 is 17.8 Å². The van der Waals surface area contributed by atoms with E-state index in [0.29, 0.717) is 12.0 Å². The molecule has 3 atom stereocenters. The van der Waals surface area contributed by atoms with Crippen LogP contribution < -0.4 is 0 Å². The average molecular weight is 335 g/mol. The lowest BCUT2D eigenvalue weighted by molar-refractivity contribution is -0.157. The highest BCUT2D eigenvalue weighted by atomic mass is 16.4. The van der Waals surface area contributed by atoms with Crippen LogP contribution in [0.3, 0.4) is 0 Å². The Morgan fingerprint density at radius 3 is 2.54 bits per heavy atom. The number of rotatable bonds is 6. The number of carboxylic acids is 1. The molecule has 3 unspecified atom stereocenters. The fourth-order valence-corrected chi connectivity index (χ4v) is 2.99. The van der Waals surface area contributed by atoms with Crippen molar-refractivity contribution in [2.45, 2.75) is 39.2 Å². The second kappa shape index (κ2) is 6.90. The number of carbonyl (C=O) groups is 3. The highest BCUT2D eigenvalue weighted by Crippen LogP contribution is 2.32. The average Bonchev–Trinajstić information content (AvgIpc) is 2.77. The number of likely N-dealkylation sites (tertiary alicyclic amines) is 1. The number of carboxylic acid groups (broad SMARTS) is 1. The third-order valence-corrected chi connectivity index (χ3v) is 4.53. The fraction of sp³-hybridized carbons (Fsp3) is 0.471. The van der Waals surface area contributed by atoms with Crippen LogP contribution in [-0.2, 0) is 20.8 Å². The van der Waals surface area contributed by atoms with Crippen molar-refractivity contribution < 1.29 is 29.7 Å². The molecule has 1 saturated heterocycles. The van der Waals surface area contributed by atoms with E-state index < -0.39 is 29.7 Å². The van der Waals surface area contributed by atoms with Crippen molar-refractivity contribution in [1.82, 2.24) is 4.90 Å². The molecule has 1 aromatic rings. The summed E-state index contributed by atoms with van der Waals surface area (Å²) in [4.78, 5) is 37.2. The van der Waals surface area contributed by atoms with Gasteiger partial charge in [0.2, 0.25) is 11.8 Å². The largest absolute Gasteiger partial charge is 0.508 e. The van der Waals surface area contributed by atoms with Crippen molar-refractivity contribution in [2.24, 2.45) is 11.8 Å². The highest BCUT2D eigenvalue weighted by molar-refractivity contribution is 6.06. The van der Waals surface area contributed by atoms with Gasteiger partial charge in [0.15, 0.2) is 0 Å². The Bertz CT molecular complexity index is 671. The van der Waals surface area contributed by atoms with Crippen molar-refractivity contribution in [3.63, 3.8) is 0 Å². The molecule has 1 fully saturated rings. The number of phenols is 2. The second-order valence-corrected chi connectivity index (χ2v) is 6.19. The number of carbonyl (C=O) groups excluding carboxylic acids is 2. The first-order valence-corrected chi connectivity index (χ1v) is 7.85. The molecule has 24 heavy (non-hydrogen) atoms. The molecule has 2 rings (SSSR count). The van der Waals surface area contributed by atoms with E-state index in [0.717, 1.165) is 11.0 Å². The van der Waals surface area contributed by atoms with Crippen LogP contribution in [0, 0.1) is 11.8 Å². The standard InChI is InChI=1S/C17H21NO6/c1-3-9(2)15(17(23)24)18-14(21)7-11(16(18)22)6-10-4-5-12(19)8-13(10)20/h4-5,8-9,11,15,19-20H,3,6-7H2,1-2H3,(H,23,24). The van der Waals surface area contributed by atoms with Crippen molar-refractivity contribution in [3.8, 4) is 11.5 Å². The molecule has 7 heteroatoms. The molecule has 0 radical (unpaired) electrons. The summed E-state index contributed by atoms with van der Waals surface area (Å²) < 4.78 is 0. The van der Waals surface area contributed by atoms with Gasteiger partial charge in [0.25, 0.3) is 0 Å². The molecule has 0 bridgehead atoms. The summed E-state index contributed by atoms with van der Waals surface area (Å²) in [7, 11) is 0. The van der Waals surface area contributed by atoms with Crippen LogP contribution in [0.15, 0.2) is 18.2 Å². The van der Waals surface area contributed by atoms with E-state index in [9.17, 15) is 29.7 Å². The summed E-state index contributed by atoms with van der Waals surface area (Å²) >= 11 is 0. The Kier molecular flexibility index (Phi) is 5.11. The zero-order valence-corrected chi connectivity index (χ0v) is 13.6. The maximum Gasteiger partial charge on any atom is 0.327 e. The minimum absolute atomic E-state index is 0.0840. The lowest BCUT2D eigenvalue weighted by Crippen LogP contribution is -2.48. The molecule has 130 valence electrons. The van der Waals surface area contributed by atoms with Crippen molar-refractivity contribution in [1.29, 1.82) is 0 Å². The summed E-state index contributed by atoms with van der Waals surface area (Å²) in [6.07, 6.45) is 0.552. The van der Waals surface area contributed by atoms with Gasteiger partial charge < -0.3 is 15.3 Å². The van der Waals surface area contributed by atoms with E-state index in [2.05, 4.69) is 0 Å². The normalized spacial score (nSPS) is 20.2. The molecule has 7 nitrogen and oxygen atoms in total. The summed E-state index contributed by atoms with van der Waals surface area (Å²) in [6.45, 7) is 3.50. The fourth-order valence-electron chi connectivity index (χ4n) is 2.99. The van der Waals surface area contributed by atoms with Gasteiger partial charge in [-0.05, 0) is 24.0 Å². The minimum Gasteiger partial charge on any atom is -0.508 e. The van der Waals surface area contributed by atoms with Gasteiger partial charge >= 0.3 is 5.97 Å². The molecule has 0 aromatic heterocycles. The number of phenolic OH excluding ortho intramolecular Hbond substituents is 2. The van der Waals surface area contributed by atoms with Gasteiger partial charge in [-0.1, -0.05) is 26.3 Å². The smallest absolute Gasteiger partial charge is 0.327 e. The number of imide groups is 1. The number of hydrogen-bond acceptors (Lipinski definition) is 5. The molecule has 1 aliphatic heterocycles. The van der Waals surface area contributed by atoms with Crippen LogP contribution in [0.5, 0.6) is 11.5 Å². The first-order valence-electron chi connectivity index (χ1n) is 7.85. The maximum absolute atomic E-state index is 12.6. The molecule has 1 aromatic carbocycles. The predicted octanol–water partition coefficient (Wildman–Crippen LogP) is 1.51. The van der Waals surface area contributed by atoms with Gasteiger partial charge in [-0.2, -0.15) is 0 Å².